The van der Waals surface area contributed by atoms with Crippen LogP contribution in [0.4, 0.5) is 0 Å². The minimum absolute atomic E-state index is 0.00180. The lowest BCUT2D eigenvalue weighted by Gasteiger charge is -2.34. The standard InChI is InChI=1S/C13H24N2O3/c1-10(7-11(16)17)8-15-12(18)13(9-14)5-3-2-4-6-13/h10H,2-9,14H2,1H3,(H,15,18)(H,16,17). The maximum atomic E-state index is 12.2. The van der Waals surface area contributed by atoms with Crippen molar-refractivity contribution in [3.63, 3.8) is 0 Å². The van der Waals surface area contributed by atoms with Crippen molar-refractivity contribution in [2.45, 2.75) is 45.4 Å². The topological polar surface area (TPSA) is 92.4 Å². The summed E-state index contributed by atoms with van der Waals surface area (Å²) in [7, 11) is 0. The third kappa shape index (κ3) is 3.98. The van der Waals surface area contributed by atoms with Gasteiger partial charge in [-0.15, -0.1) is 0 Å². The maximum Gasteiger partial charge on any atom is 0.303 e. The van der Waals surface area contributed by atoms with Crippen LogP contribution in [0.15, 0.2) is 0 Å². The number of hydrogen-bond donors (Lipinski definition) is 3. The molecule has 1 amide bonds. The minimum atomic E-state index is -0.831. The van der Waals surface area contributed by atoms with Gasteiger partial charge >= 0.3 is 5.97 Å². The van der Waals surface area contributed by atoms with Crippen molar-refractivity contribution in [1.82, 2.24) is 5.32 Å². The summed E-state index contributed by atoms with van der Waals surface area (Å²) >= 11 is 0. The van der Waals surface area contributed by atoms with Crippen LogP contribution in [0.25, 0.3) is 0 Å². The Morgan fingerprint density at radius 1 is 1.33 bits per heavy atom. The lowest BCUT2D eigenvalue weighted by molar-refractivity contribution is -0.138. The summed E-state index contributed by atoms with van der Waals surface area (Å²) in [5, 5.41) is 11.5. The van der Waals surface area contributed by atoms with Crippen LogP contribution < -0.4 is 11.1 Å². The van der Waals surface area contributed by atoms with E-state index < -0.39 is 11.4 Å². The number of hydrogen-bond acceptors (Lipinski definition) is 3. The Morgan fingerprint density at radius 3 is 2.44 bits per heavy atom. The Bertz CT molecular complexity index is 299. The van der Waals surface area contributed by atoms with Gasteiger partial charge in [0.15, 0.2) is 0 Å². The second kappa shape index (κ2) is 6.73. The number of nitrogens with two attached hydrogens (primary N) is 1. The van der Waals surface area contributed by atoms with Crippen molar-refractivity contribution in [2.24, 2.45) is 17.1 Å². The first kappa shape index (κ1) is 15.0. The molecule has 1 unspecified atom stereocenters. The average molecular weight is 256 g/mol. The molecule has 1 rings (SSSR count). The minimum Gasteiger partial charge on any atom is -0.481 e. The largest absolute Gasteiger partial charge is 0.481 e. The first-order chi connectivity index (χ1) is 8.50. The molecule has 4 N–H and O–H groups in total. The molecule has 0 saturated heterocycles. The molecule has 1 aliphatic carbocycles. The van der Waals surface area contributed by atoms with Crippen molar-refractivity contribution >= 4 is 11.9 Å². The van der Waals surface area contributed by atoms with E-state index in [1.54, 1.807) is 0 Å². The fourth-order valence-electron chi connectivity index (χ4n) is 2.58. The fourth-order valence-corrected chi connectivity index (χ4v) is 2.58. The fraction of sp³-hybridized carbons (Fsp3) is 0.846. The predicted octanol–water partition coefficient (Wildman–Crippen LogP) is 1.12. The highest BCUT2D eigenvalue weighted by Gasteiger charge is 2.37. The number of rotatable bonds is 6. The van der Waals surface area contributed by atoms with Crippen molar-refractivity contribution in [3.8, 4) is 0 Å². The molecule has 104 valence electrons. The van der Waals surface area contributed by atoms with Crippen LogP contribution in [0.1, 0.15) is 45.4 Å². The SMILES string of the molecule is CC(CNC(=O)C1(CN)CCCCC1)CC(=O)O. The maximum absolute atomic E-state index is 12.2. The Hall–Kier alpha value is -1.10. The van der Waals surface area contributed by atoms with E-state index in [0.717, 1.165) is 25.7 Å². The van der Waals surface area contributed by atoms with Gasteiger partial charge in [-0.3, -0.25) is 9.59 Å². The van der Waals surface area contributed by atoms with Crippen LogP contribution in [0.3, 0.4) is 0 Å². The van der Waals surface area contributed by atoms with E-state index in [1.165, 1.54) is 6.42 Å². The molecule has 0 aliphatic heterocycles. The van der Waals surface area contributed by atoms with E-state index in [9.17, 15) is 9.59 Å². The van der Waals surface area contributed by atoms with Crippen molar-refractivity contribution < 1.29 is 14.7 Å². The molecule has 0 aromatic rings. The van der Waals surface area contributed by atoms with Gasteiger partial charge in [0.25, 0.3) is 0 Å². The van der Waals surface area contributed by atoms with Crippen LogP contribution >= 0.6 is 0 Å². The second-order valence-electron chi connectivity index (χ2n) is 5.46. The zero-order valence-electron chi connectivity index (χ0n) is 11.1. The Balaban J connectivity index is 2.45. The summed E-state index contributed by atoms with van der Waals surface area (Å²) in [5.74, 6) is -0.880. The number of carboxylic acids is 1. The number of nitrogens with one attached hydrogen (secondary N) is 1. The van der Waals surface area contributed by atoms with E-state index >= 15 is 0 Å². The van der Waals surface area contributed by atoms with Crippen LogP contribution in [0.2, 0.25) is 0 Å². The van der Waals surface area contributed by atoms with Gasteiger partial charge in [0.2, 0.25) is 5.91 Å². The van der Waals surface area contributed by atoms with Gasteiger partial charge in [-0.25, -0.2) is 0 Å². The zero-order valence-corrected chi connectivity index (χ0v) is 11.1. The summed E-state index contributed by atoms with van der Waals surface area (Å²) < 4.78 is 0. The third-order valence-corrected chi connectivity index (χ3v) is 3.82. The van der Waals surface area contributed by atoms with E-state index in [1.807, 2.05) is 6.92 Å². The van der Waals surface area contributed by atoms with Crippen molar-refractivity contribution in [2.75, 3.05) is 13.1 Å². The number of carbonyl (C=O) groups is 2. The molecule has 18 heavy (non-hydrogen) atoms. The summed E-state index contributed by atoms with van der Waals surface area (Å²) in [6, 6.07) is 0. The summed E-state index contributed by atoms with van der Waals surface area (Å²) in [4.78, 5) is 22.7. The van der Waals surface area contributed by atoms with E-state index in [2.05, 4.69) is 5.32 Å². The lowest BCUT2D eigenvalue weighted by Crippen LogP contribution is -2.48. The summed E-state index contributed by atoms with van der Waals surface area (Å²) in [6.45, 7) is 2.61. The Morgan fingerprint density at radius 2 is 1.94 bits per heavy atom. The average Bonchev–Trinajstić information content (AvgIpc) is 2.36. The Labute approximate surface area is 108 Å². The van der Waals surface area contributed by atoms with Crippen LogP contribution in [-0.4, -0.2) is 30.1 Å². The van der Waals surface area contributed by atoms with Gasteiger partial charge in [0, 0.05) is 19.5 Å². The number of amides is 1. The third-order valence-electron chi connectivity index (χ3n) is 3.82. The predicted molar refractivity (Wildman–Crippen MR) is 69.0 cm³/mol. The summed E-state index contributed by atoms with van der Waals surface area (Å²) in [6.07, 6.45) is 5.05. The number of carboxylic acid groups (broad SMARTS) is 1. The molecular weight excluding hydrogens is 232 g/mol. The second-order valence-corrected chi connectivity index (χ2v) is 5.46. The first-order valence-electron chi connectivity index (χ1n) is 6.70. The number of carbonyl (C=O) groups excluding carboxylic acids is 1. The van der Waals surface area contributed by atoms with Crippen molar-refractivity contribution in [3.05, 3.63) is 0 Å². The molecule has 1 atom stereocenters. The molecule has 0 radical (unpaired) electrons. The summed E-state index contributed by atoms with van der Waals surface area (Å²) in [5.41, 5.74) is 5.36. The van der Waals surface area contributed by atoms with Gasteiger partial charge in [-0.05, 0) is 18.8 Å². The van der Waals surface area contributed by atoms with Crippen molar-refractivity contribution in [1.29, 1.82) is 0 Å². The first-order valence-corrected chi connectivity index (χ1v) is 6.70. The van der Waals surface area contributed by atoms with E-state index in [0.29, 0.717) is 13.1 Å². The van der Waals surface area contributed by atoms with Crippen LogP contribution in [0, 0.1) is 11.3 Å². The number of aliphatic carboxylic acids is 1. The monoisotopic (exact) mass is 256 g/mol. The molecule has 1 aliphatic rings. The van der Waals surface area contributed by atoms with Gasteiger partial charge in [0.05, 0.1) is 5.41 Å². The molecule has 5 heteroatoms. The van der Waals surface area contributed by atoms with Crippen LogP contribution in [-0.2, 0) is 9.59 Å². The van der Waals surface area contributed by atoms with Gasteiger partial charge in [0.1, 0.15) is 0 Å². The zero-order chi connectivity index (χ0) is 13.6. The highest BCUT2D eigenvalue weighted by molar-refractivity contribution is 5.83. The molecule has 0 heterocycles. The smallest absolute Gasteiger partial charge is 0.303 e. The van der Waals surface area contributed by atoms with Gasteiger partial charge in [-0.2, -0.15) is 0 Å². The molecular formula is C13H24N2O3. The normalized spacial score (nSPS) is 20.1. The van der Waals surface area contributed by atoms with Gasteiger partial charge < -0.3 is 16.2 Å². The van der Waals surface area contributed by atoms with E-state index in [-0.39, 0.29) is 18.2 Å². The lowest BCUT2D eigenvalue weighted by atomic mass is 9.73. The van der Waals surface area contributed by atoms with Gasteiger partial charge in [-0.1, -0.05) is 26.2 Å². The molecule has 0 aromatic carbocycles. The Kier molecular flexibility index (Phi) is 5.59. The molecule has 0 bridgehead atoms. The quantitative estimate of drug-likeness (QED) is 0.664. The highest BCUT2D eigenvalue weighted by Crippen LogP contribution is 2.35. The molecule has 1 saturated carbocycles. The van der Waals surface area contributed by atoms with Crippen LogP contribution in [0.5, 0.6) is 0 Å². The molecule has 0 spiro atoms. The molecule has 1 fully saturated rings. The molecule has 5 nitrogen and oxygen atoms in total. The molecule has 0 aromatic heterocycles. The van der Waals surface area contributed by atoms with E-state index in [4.69, 9.17) is 10.8 Å². The highest BCUT2D eigenvalue weighted by atomic mass is 16.4.